The van der Waals surface area contributed by atoms with Gasteiger partial charge in [0.1, 0.15) is 11.0 Å². The summed E-state index contributed by atoms with van der Waals surface area (Å²) >= 11 is 7.84. The van der Waals surface area contributed by atoms with E-state index < -0.39 is 0 Å². The molecule has 0 saturated carbocycles. The molecule has 0 bridgehead atoms. The smallest absolute Gasteiger partial charge is 0.140 e. The van der Waals surface area contributed by atoms with E-state index in [9.17, 15) is 0 Å². The highest BCUT2D eigenvalue weighted by molar-refractivity contribution is 7.99. The van der Waals surface area contributed by atoms with E-state index in [0.29, 0.717) is 5.15 Å². The number of aromatic nitrogens is 2. The molecule has 0 aliphatic carbocycles. The van der Waals surface area contributed by atoms with Crippen LogP contribution in [0.3, 0.4) is 0 Å². The van der Waals surface area contributed by atoms with Gasteiger partial charge in [0, 0.05) is 16.0 Å². The molecule has 0 saturated heterocycles. The Labute approximate surface area is 101 Å². The molecule has 0 spiro atoms. The van der Waals surface area contributed by atoms with Crippen LogP contribution in [-0.4, -0.2) is 14.7 Å². The summed E-state index contributed by atoms with van der Waals surface area (Å²) in [6.07, 6.45) is 0. The molecule has 0 fully saturated rings. The Balaban J connectivity index is 2.80. The van der Waals surface area contributed by atoms with Crippen molar-refractivity contribution >= 4 is 23.4 Å². The minimum absolute atomic E-state index is 0.231. The van der Waals surface area contributed by atoms with E-state index >= 15 is 0 Å². The van der Waals surface area contributed by atoms with Crippen LogP contribution < -0.4 is 0 Å². The van der Waals surface area contributed by atoms with Crippen LogP contribution in [0.1, 0.15) is 37.9 Å². The van der Waals surface area contributed by atoms with Crippen LogP contribution in [0.2, 0.25) is 5.15 Å². The van der Waals surface area contributed by atoms with Crippen molar-refractivity contribution < 1.29 is 0 Å². The summed E-state index contributed by atoms with van der Waals surface area (Å²) in [4.78, 5) is 8.69. The maximum atomic E-state index is 6.01. The highest BCUT2D eigenvalue weighted by atomic mass is 35.5. The largest absolute Gasteiger partial charge is 0.237 e. The Hall–Kier alpha value is -0.280. The Morgan fingerprint density at radius 3 is 2.27 bits per heavy atom. The zero-order valence-corrected chi connectivity index (χ0v) is 11.5. The third kappa shape index (κ3) is 3.99. The highest BCUT2D eigenvalue weighted by Crippen LogP contribution is 2.26. The average molecular weight is 245 g/mol. The minimum atomic E-state index is 0.231. The number of nitrogens with zero attached hydrogens (tertiary/aromatic N) is 2. The lowest BCUT2D eigenvalue weighted by atomic mass is 10.3. The fraction of sp³-hybridized carbons (Fsp3) is 0.636. The van der Waals surface area contributed by atoms with Crippen molar-refractivity contribution in [2.75, 3.05) is 0 Å². The van der Waals surface area contributed by atoms with Crippen LogP contribution in [0.5, 0.6) is 0 Å². The first kappa shape index (κ1) is 12.8. The normalized spacial score (nSPS) is 11.9. The maximum Gasteiger partial charge on any atom is 0.140 e. The molecule has 2 nitrogen and oxygen atoms in total. The van der Waals surface area contributed by atoms with Crippen LogP contribution in [0.25, 0.3) is 0 Å². The van der Waals surface area contributed by atoms with E-state index in [2.05, 4.69) is 30.7 Å². The lowest BCUT2D eigenvalue weighted by molar-refractivity contribution is 0.799. The fourth-order valence-corrected chi connectivity index (χ4v) is 1.92. The quantitative estimate of drug-likeness (QED) is 0.741. The van der Waals surface area contributed by atoms with E-state index in [0.717, 1.165) is 22.8 Å². The van der Waals surface area contributed by atoms with Crippen molar-refractivity contribution in [3.8, 4) is 0 Å². The van der Waals surface area contributed by atoms with E-state index in [1.807, 2.05) is 25.6 Å². The van der Waals surface area contributed by atoms with Gasteiger partial charge in [-0.25, -0.2) is 9.97 Å². The molecule has 0 radical (unpaired) electrons. The summed E-state index contributed by atoms with van der Waals surface area (Å²) in [7, 11) is 0. The van der Waals surface area contributed by atoms with Crippen molar-refractivity contribution in [3.05, 3.63) is 22.2 Å². The SMILES string of the molecule is Cc1nc(CSC(C)(C)C)nc(Cl)c1C. The van der Waals surface area contributed by atoms with Gasteiger partial charge in [0.2, 0.25) is 0 Å². The zero-order valence-electron chi connectivity index (χ0n) is 9.89. The van der Waals surface area contributed by atoms with Crippen LogP contribution in [0.4, 0.5) is 0 Å². The number of aryl methyl sites for hydroxylation is 1. The number of hydrogen-bond acceptors (Lipinski definition) is 3. The lowest BCUT2D eigenvalue weighted by Gasteiger charge is -2.17. The van der Waals surface area contributed by atoms with Crippen molar-refractivity contribution in [2.24, 2.45) is 0 Å². The third-order valence-electron chi connectivity index (χ3n) is 2.01. The summed E-state index contributed by atoms with van der Waals surface area (Å²) in [5.41, 5.74) is 1.95. The standard InChI is InChI=1S/C11H17ClN2S/c1-7-8(2)13-9(14-10(7)12)6-15-11(3,4)5/h6H2,1-5H3. The molecule has 0 aliphatic rings. The molecule has 0 atom stereocenters. The number of hydrogen-bond donors (Lipinski definition) is 0. The first-order valence-corrected chi connectivity index (χ1v) is 6.29. The zero-order chi connectivity index (χ0) is 11.6. The van der Waals surface area contributed by atoms with Gasteiger partial charge in [-0.15, -0.1) is 11.8 Å². The van der Waals surface area contributed by atoms with E-state index in [1.54, 1.807) is 0 Å². The molecule has 0 unspecified atom stereocenters. The summed E-state index contributed by atoms with van der Waals surface area (Å²) in [6, 6.07) is 0. The summed E-state index contributed by atoms with van der Waals surface area (Å²) in [6.45, 7) is 10.5. The first-order valence-electron chi connectivity index (χ1n) is 4.93. The molecule has 4 heteroatoms. The second-order valence-electron chi connectivity index (χ2n) is 4.54. The van der Waals surface area contributed by atoms with Gasteiger partial charge in [0.25, 0.3) is 0 Å². The van der Waals surface area contributed by atoms with Crippen LogP contribution >= 0.6 is 23.4 Å². The van der Waals surface area contributed by atoms with Crippen molar-refractivity contribution in [2.45, 2.75) is 45.1 Å². The van der Waals surface area contributed by atoms with Crippen LogP contribution in [-0.2, 0) is 5.75 Å². The van der Waals surface area contributed by atoms with Crippen LogP contribution in [0.15, 0.2) is 0 Å². The molecule has 0 N–H and O–H groups in total. The fourth-order valence-electron chi connectivity index (χ4n) is 0.994. The number of rotatable bonds is 2. The van der Waals surface area contributed by atoms with Crippen LogP contribution in [0, 0.1) is 13.8 Å². The maximum absolute atomic E-state index is 6.01. The first-order chi connectivity index (χ1) is 6.79. The molecule has 0 aliphatic heterocycles. The third-order valence-corrected chi connectivity index (χ3v) is 3.65. The lowest BCUT2D eigenvalue weighted by Crippen LogP contribution is -2.09. The Bertz CT molecular complexity index is 335. The van der Waals surface area contributed by atoms with Gasteiger partial charge in [0.05, 0.1) is 5.75 Å². The molecule has 1 aromatic heterocycles. The molecule has 1 rings (SSSR count). The van der Waals surface area contributed by atoms with Crippen molar-refractivity contribution in [1.29, 1.82) is 0 Å². The number of thioether (sulfide) groups is 1. The molecule has 1 heterocycles. The van der Waals surface area contributed by atoms with Crippen molar-refractivity contribution in [1.82, 2.24) is 9.97 Å². The number of halogens is 1. The van der Waals surface area contributed by atoms with E-state index in [-0.39, 0.29) is 4.75 Å². The predicted molar refractivity (Wildman–Crippen MR) is 67.6 cm³/mol. The minimum Gasteiger partial charge on any atom is -0.237 e. The van der Waals surface area contributed by atoms with Gasteiger partial charge >= 0.3 is 0 Å². The molecule has 0 amide bonds. The second kappa shape index (κ2) is 4.71. The average Bonchev–Trinajstić information content (AvgIpc) is 2.09. The molecule has 15 heavy (non-hydrogen) atoms. The molecular formula is C11H17ClN2S. The topological polar surface area (TPSA) is 25.8 Å². The Morgan fingerprint density at radius 2 is 1.80 bits per heavy atom. The Kier molecular flexibility index (Phi) is 4.01. The summed E-state index contributed by atoms with van der Waals surface area (Å²) < 4.78 is 0.231. The van der Waals surface area contributed by atoms with E-state index in [1.165, 1.54) is 0 Å². The van der Waals surface area contributed by atoms with Gasteiger partial charge in [-0.05, 0) is 13.8 Å². The monoisotopic (exact) mass is 244 g/mol. The summed E-state index contributed by atoms with van der Waals surface area (Å²) in [5, 5.41) is 0.576. The molecule has 84 valence electrons. The molecule has 0 aromatic carbocycles. The van der Waals surface area contributed by atoms with Gasteiger partial charge in [-0.3, -0.25) is 0 Å². The highest BCUT2D eigenvalue weighted by Gasteiger charge is 2.13. The van der Waals surface area contributed by atoms with Crippen molar-refractivity contribution in [3.63, 3.8) is 0 Å². The second-order valence-corrected chi connectivity index (χ2v) is 6.70. The van der Waals surface area contributed by atoms with Gasteiger partial charge in [0.15, 0.2) is 0 Å². The molecule has 1 aromatic rings. The van der Waals surface area contributed by atoms with Gasteiger partial charge < -0.3 is 0 Å². The van der Waals surface area contributed by atoms with Gasteiger partial charge in [-0.2, -0.15) is 0 Å². The van der Waals surface area contributed by atoms with E-state index in [4.69, 9.17) is 11.6 Å². The Morgan fingerprint density at radius 1 is 1.20 bits per heavy atom. The van der Waals surface area contributed by atoms with Gasteiger partial charge in [-0.1, -0.05) is 32.4 Å². The summed E-state index contributed by atoms with van der Waals surface area (Å²) in [5.74, 6) is 1.63. The predicted octanol–water partition coefficient (Wildman–Crippen LogP) is 3.78. The molecular weight excluding hydrogens is 228 g/mol.